The maximum absolute atomic E-state index is 12.2. The predicted molar refractivity (Wildman–Crippen MR) is 150 cm³/mol. The molecule has 0 bridgehead atoms. The Morgan fingerprint density at radius 1 is 0.974 bits per heavy atom. The fourth-order valence-electron chi connectivity index (χ4n) is 4.25. The molecule has 2 aromatic heterocycles. The Labute approximate surface area is 225 Å². The highest BCUT2D eigenvalue weighted by Crippen LogP contribution is 2.28. The molecular weight excluding hydrogens is 500 g/mol. The Bertz CT molecular complexity index is 1480. The van der Waals surface area contributed by atoms with Gasteiger partial charge in [-0.05, 0) is 35.7 Å². The van der Waals surface area contributed by atoms with Crippen LogP contribution < -0.4 is 16.0 Å². The number of nitrogens with zero attached hydrogens (tertiary/aromatic N) is 4. The number of anilines is 1. The normalized spacial score (nSPS) is 11.1. The number of H-pyrrole nitrogens is 1. The molecule has 9 nitrogen and oxygen atoms in total. The lowest BCUT2D eigenvalue weighted by molar-refractivity contribution is -0.120. The van der Waals surface area contributed by atoms with Gasteiger partial charge in [-0.3, -0.25) is 14.5 Å². The van der Waals surface area contributed by atoms with Gasteiger partial charge in [0.1, 0.15) is 12.7 Å². The third-order valence-corrected chi connectivity index (χ3v) is 6.54. The van der Waals surface area contributed by atoms with Crippen LogP contribution in [0.1, 0.15) is 18.4 Å². The van der Waals surface area contributed by atoms with E-state index < -0.39 is 0 Å². The first-order valence-corrected chi connectivity index (χ1v) is 12.9. The maximum Gasteiger partial charge on any atom is 0.221 e. The van der Waals surface area contributed by atoms with Gasteiger partial charge in [-0.2, -0.15) is 5.10 Å². The van der Waals surface area contributed by atoms with Crippen LogP contribution in [-0.2, 0) is 11.3 Å². The van der Waals surface area contributed by atoms with E-state index in [1.54, 1.807) is 18.9 Å². The van der Waals surface area contributed by atoms with Crippen LogP contribution in [0.5, 0.6) is 0 Å². The molecule has 0 atom stereocenters. The van der Waals surface area contributed by atoms with E-state index in [1.165, 1.54) is 0 Å². The van der Waals surface area contributed by atoms with E-state index in [1.807, 2.05) is 59.2 Å². The van der Waals surface area contributed by atoms with Crippen molar-refractivity contribution in [2.75, 3.05) is 25.0 Å². The van der Waals surface area contributed by atoms with Gasteiger partial charge in [0.25, 0.3) is 0 Å². The van der Waals surface area contributed by atoms with E-state index in [0.717, 1.165) is 50.4 Å². The second-order valence-electron chi connectivity index (χ2n) is 8.93. The van der Waals surface area contributed by atoms with Gasteiger partial charge in [0, 0.05) is 54.3 Å². The van der Waals surface area contributed by atoms with Crippen molar-refractivity contribution in [2.24, 2.45) is 0 Å². The molecule has 3 aromatic carbocycles. The number of hydrogen-bond acceptors (Lipinski definition) is 6. The number of carbonyl (C=O) groups excluding carboxylic acids is 1. The number of aromatic amines is 1. The average Bonchev–Trinajstić information content (AvgIpc) is 3.64. The number of rotatable bonds is 12. The van der Waals surface area contributed by atoms with E-state index in [4.69, 9.17) is 11.6 Å². The molecule has 0 saturated carbocycles. The molecule has 0 aliphatic heterocycles. The quantitative estimate of drug-likeness (QED) is 0.177. The summed E-state index contributed by atoms with van der Waals surface area (Å²) in [6.45, 7) is 2.56. The Morgan fingerprint density at radius 3 is 2.63 bits per heavy atom. The highest BCUT2D eigenvalue weighted by atomic mass is 35.5. The largest absolute Gasteiger partial charge is 0.384 e. The number of nitrogens with one attached hydrogen (secondary N) is 4. The van der Waals surface area contributed by atoms with E-state index in [-0.39, 0.29) is 5.91 Å². The summed E-state index contributed by atoms with van der Waals surface area (Å²) in [6.07, 6.45) is 6.32. The molecule has 38 heavy (non-hydrogen) atoms. The molecule has 10 heteroatoms. The van der Waals surface area contributed by atoms with E-state index in [0.29, 0.717) is 32.6 Å². The number of aromatic nitrogens is 5. The number of amides is 1. The Hall–Kier alpha value is -4.21. The minimum absolute atomic E-state index is 0.0294. The Morgan fingerprint density at radius 2 is 1.82 bits per heavy atom. The molecule has 4 N–H and O–H groups in total. The first kappa shape index (κ1) is 25.4. The number of fused-ring (bicyclic) bond motifs is 1. The molecule has 0 unspecified atom stereocenters. The van der Waals surface area contributed by atoms with Crippen LogP contribution in [0.15, 0.2) is 79.5 Å². The summed E-state index contributed by atoms with van der Waals surface area (Å²) in [6, 6.07) is 20.2. The van der Waals surface area contributed by atoms with Crippen LogP contribution in [0.3, 0.4) is 0 Å². The lowest BCUT2D eigenvalue weighted by Crippen LogP contribution is -2.29. The monoisotopic (exact) mass is 528 g/mol. The second kappa shape index (κ2) is 12.4. The minimum atomic E-state index is 0.0294. The third kappa shape index (κ3) is 6.37. The van der Waals surface area contributed by atoms with Crippen molar-refractivity contribution >= 4 is 34.1 Å². The minimum Gasteiger partial charge on any atom is -0.384 e. The topological polar surface area (TPSA) is 113 Å². The number of hydrogen-bond donors (Lipinski definition) is 4. The molecule has 1 amide bonds. The average molecular weight is 529 g/mol. The maximum atomic E-state index is 12.2. The van der Waals surface area contributed by atoms with Gasteiger partial charge in [-0.25, -0.2) is 0 Å². The van der Waals surface area contributed by atoms with Crippen molar-refractivity contribution in [3.63, 3.8) is 0 Å². The van der Waals surface area contributed by atoms with Crippen LogP contribution >= 0.6 is 11.6 Å². The molecule has 0 saturated heterocycles. The molecule has 2 heterocycles. The smallest absolute Gasteiger partial charge is 0.221 e. The van der Waals surface area contributed by atoms with Crippen molar-refractivity contribution in [1.82, 2.24) is 35.6 Å². The van der Waals surface area contributed by atoms with Crippen molar-refractivity contribution < 1.29 is 4.79 Å². The van der Waals surface area contributed by atoms with Gasteiger partial charge in [-0.15, -0.1) is 10.2 Å². The van der Waals surface area contributed by atoms with E-state index >= 15 is 0 Å². The summed E-state index contributed by atoms with van der Waals surface area (Å²) in [4.78, 5) is 12.2. The zero-order valence-corrected chi connectivity index (χ0v) is 21.6. The molecule has 0 aliphatic carbocycles. The number of benzene rings is 3. The molecule has 0 spiro atoms. The van der Waals surface area contributed by atoms with Crippen molar-refractivity contribution in [2.45, 2.75) is 19.4 Å². The standard InChI is InChI=1S/C28H29ClN8O/c29-25-13-20(7-8-23(25)21-5-2-1-3-6-21)16-30-12-9-28(38)32-11-4-10-31-26-14-22(37-18-34-35-19-37)15-27-24(26)17-33-36-27/h1-3,5-8,13-15,17-19,30-31H,4,9-12,16H2,(H,32,38)(H,33,36). The van der Waals surface area contributed by atoms with Crippen LogP contribution in [0.25, 0.3) is 27.7 Å². The van der Waals surface area contributed by atoms with Gasteiger partial charge in [0.05, 0.1) is 17.4 Å². The fourth-order valence-corrected chi connectivity index (χ4v) is 4.56. The molecule has 0 fully saturated rings. The second-order valence-corrected chi connectivity index (χ2v) is 9.34. The summed E-state index contributed by atoms with van der Waals surface area (Å²) < 4.78 is 1.84. The first-order valence-electron chi connectivity index (χ1n) is 12.5. The molecule has 0 radical (unpaired) electrons. The third-order valence-electron chi connectivity index (χ3n) is 6.23. The summed E-state index contributed by atoms with van der Waals surface area (Å²) in [5, 5.41) is 26.4. The van der Waals surface area contributed by atoms with Crippen molar-refractivity contribution in [1.29, 1.82) is 0 Å². The Balaban J connectivity index is 1.01. The highest BCUT2D eigenvalue weighted by Gasteiger charge is 2.08. The van der Waals surface area contributed by atoms with E-state index in [9.17, 15) is 4.79 Å². The van der Waals surface area contributed by atoms with Crippen molar-refractivity contribution in [3.05, 3.63) is 90.1 Å². The molecule has 194 valence electrons. The van der Waals surface area contributed by atoms with E-state index in [2.05, 4.69) is 42.4 Å². The fraction of sp³-hybridized carbons (Fsp3) is 0.214. The van der Waals surface area contributed by atoms with Gasteiger partial charge in [0.2, 0.25) is 5.91 Å². The molecule has 5 rings (SSSR count). The lowest BCUT2D eigenvalue weighted by Gasteiger charge is -2.11. The zero-order chi connectivity index (χ0) is 26.2. The van der Waals surface area contributed by atoms with Crippen LogP contribution in [-0.4, -0.2) is 50.5 Å². The van der Waals surface area contributed by atoms with Gasteiger partial charge in [-0.1, -0.05) is 54.1 Å². The number of halogens is 1. The zero-order valence-electron chi connectivity index (χ0n) is 20.8. The summed E-state index contributed by atoms with van der Waals surface area (Å²) >= 11 is 6.50. The SMILES string of the molecule is O=C(CCNCc1ccc(-c2ccccc2)c(Cl)c1)NCCCNc1cc(-n2cnnc2)cc2[nH]ncc12. The first-order chi connectivity index (χ1) is 18.7. The van der Waals surface area contributed by atoms with Crippen molar-refractivity contribution in [3.8, 4) is 16.8 Å². The van der Waals surface area contributed by atoms with Gasteiger partial charge < -0.3 is 16.0 Å². The van der Waals surface area contributed by atoms with Crippen LogP contribution in [0, 0.1) is 0 Å². The molecule has 5 aromatic rings. The Kier molecular flexibility index (Phi) is 8.27. The summed E-state index contributed by atoms with van der Waals surface area (Å²) in [5.41, 5.74) is 6.02. The number of carbonyl (C=O) groups is 1. The predicted octanol–water partition coefficient (Wildman–Crippen LogP) is 4.56. The van der Waals surface area contributed by atoms with Gasteiger partial charge in [0.15, 0.2) is 0 Å². The molecule has 0 aliphatic rings. The van der Waals surface area contributed by atoms with Gasteiger partial charge >= 0.3 is 0 Å². The van der Waals surface area contributed by atoms with Crippen LogP contribution in [0.4, 0.5) is 5.69 Å². The van der Waals surface area contributed by atoms with Crippen LogP contribution in [0.2, 0.25) is 5.02 Å². The summed E-state index contributed by atoms with van der Waals surface area (Å²) in [7, 11) is 0. The highest BCUT2D eigenvalue weighted by molar-refractivity contribution is 6.33. The molecular formula is C28H29ClN8O. The lowest BCUT2D eigenvalue weighted by atomic mass is 10.0. The summed E-state index contributed by atoms with van der Waals surface area (Å²) in [5.74, 6) is 0.0294.